The molecular formula is C17H17BrFNO. The molecule has 0 saturated heterocycles. The van der Waals surface area contributed by atoms with E-state index in [1.54, 1.807) is 6.07 Å². The van der Waals surface area contributed by atoms with Gasteiger partial charge in [-0.1, -0.05) is 22.0 Å². The van der Waals surface area contributed by atoms with Gasteiger partial charge in [0.1, 0.15) is 11.6 Å². The number of aryl methyl sites for hydroxylation is 1. The Bertz CT molecular complexity index is 666. The lowest BCUT2D eigenvalue weighted by molar-refractivity contribution is 0.351. The normalized spacial score (nSPS) is 14.7. The second kappa shape index (κ2) is 5.78. The Morgan fingerprint density at radius 3 is 2.76 bits per heavy atom. The topological polar surface area (TPSA) is 21.3 Å². The molecule has 1 unspecified atom stereocenters. The molecule has 0 aliphatic carbocycles. The second-order valence-electron chi connectivity index (χ2n) is 5.37. The summed E-state index contributed by atoms with van der Waals surface area (Å²) in [7, 11) is 1.88. The van der Waals surface area contributed by atoms with E-state index in [4.69, 9.17) is 4.74 Å². The van der Waals surface area contributed by atoms with Crippen LogP contribution in [0.4, 0.5) is 4.39 Å². The van der Waals surface area contributed by atoms with Crippen molar-refractivity contribution in [2.75, 3.05) is 13.7 Å². The molecule has 110 valence electrons. The zero-order valence-electron chi connectivity index (χ0n) is 12.0. The highest BCUT2D eigenvalue weighted by atomic mass is 79.9. The zero-order valence-corrected chi connectivity index (χ0v) is 13.6. The summed E-state index contributed by atoms with van der Waals surface area (Å²) in [5.41, 5.74) is 4.07. The number of benzene rings is 2. The Morgan fingerprint density at radius 1 is 1.24 bits per heavy atom. The SMILES string of the molecule is CNC(c1cc(C)cc(F)c1)c1cc(Br)cc2c1OCC2. The number of hydrogen-bond acceptors (Lipinski definition) is 2. The van der Waals surface area contributed by atoms with Crippen molar-refractivity contribution >= 4 is 15.9 Å². The molecule has 0 radical (unpaired) electrons. The standard InChI is InChI=1S/C17H17BrFNO/c1-10-5-12(8-14(19)6-10)16(20-2)15-9-13(18)7-11-3-4-21-17(11)15/h5-9,16,20H,3-4H2,1-2H3. The fourth-order valence-corrected chi connectivity index (χ4v) is 3.47. The highest BCUT2D eigenvalue weighted by Gasteiger charge is 2.24. The van der Waals surface area contributed by atoms with Crippen LogP contribution in [-0.4, -0.2) is 13.7 Å². The lowest BCUT2D eigenvalue weighted by Gasteiger charge is -2.21. The molecule has 21 heavy (non-hydrogen) atoms. The molecule has 0 aromatic heterocycles. The number of rotatable bonds is 3. The average molecular weight is 350 g/mol. The molecule has 1 aliphatic rings. The number of ether oxygens (including phenoxy) is 1. The van der Waals surface area contributed by atoms with Crippen molar-refractivity contribution in [3.63, 3.8) is 0 Å². The summed E-state index contributed by atoms with van der Waals surface area (Å²) in [5.74, 6) is 0.720. The lowest BCUT2D eigenvalue weighted by Crippen LogP contribution is -2.19. The molecule has 1 N–H and O–H groups in total. The van der Waals surface area contributed by atoms with Gasteiger partial charge in [0.25, 0.3) is 0 Å². The van der Waals surface area contributed by atoms with Crippen LogP contribution in [0.25, 0.3) is 0 Å². The van der Waals surface area contributed by atoms with Crippen molar-refractivity contribution in [2.45, 2.75) is 19.4 Å². The molecule has 2 aromatic carbocycles. The van der Waals surface area contributed by atoms with E-state index in [0.29, 0.717) is 6.61 Å². The van der Waals surface area contributed by atoms with Crippen LogP contribution < -0.4 is 10.1 Å². The van der Waals surface area contributed by atoms with Gasteiger partial charge in [-0.15, -0.1) is 0 Å². The van der Waals surface area contributed by atoms with Crippen LogP contribution in [0.2, 0.25) is 0 Å². The monoisotopic (exact) mass is 349 g/mol. The quantitative estimate of drug-likeness (QED) is 0.898. The van der Waals surface area contributed by atoms with Crippen LogP contribution >= 0.6 is 15.9 Å². The number of hydrogen-bond donors (Lipinski definition) is 1. The van der Waals surface area contributed by atoms with Crippen LogP contribution in [0.3, 0.4) is 0 Å². The maximum atomic E-state index is 13.7. The molecule has 0 fully saturated rings. The minimum atomic E-state index is -0.210. The summed E-state index contributed by atoms with van der Waals surface area (Å²) >= 11 is 3.56. The van der Waals surface area contributed by atoms with Crippen molar-refractivity contribution in [1.29, 1.82) is 0 Å². The van der Waals surface area contributed by atoms with Gasteiger partial charge in [0.2, 0.25) is 0 Å². The molecular weight excluding hydrogens is 333 g/mol. The fraction of sp³-hybridized carbons (Fsp3) is 0.294. The summed E-state index contributed by atoms with van der Waals surface area (Å²) in [6.07, 6.45) is 0.917. The van der Waals surface area contributed by atoms with E-state index in [-0.39, 0.29) is 11.9 Å². The van der Waals surface area contributed by atoms with Crippen molar-refractivity contribution < 1.29 is 9.13 Å². The average Bonchev–Trinajstić information content (AvgIpc) is 2.86. The van der Waals surface area contributed by atoms with Crippen LogP contribution in [0, 0.1) is 12.7 Å². The number of nitrogens with one attached hydrogen (secondary N) is 1. The molecule has 3 rings (SSSR count). The number of fused-ring (bicyclic) bond motifs is 1. The minimum Gasteiger partial charge on any atom is -0.493 e. The van der Waals surface area contributed by atoms with Crippen LogP contribution in [0.1, 0.15) is 28.3 Å². The van der Waals surface area contributed by atoms with Crippen LogP contribution in [0.5, 0.6) is 5.75 Å². The first-order valence-corrected chi connectivity index (χ1v) is 7.77. The summed E-state index contributed by atoms with van der Waals surface area (Å²) in [4.78, 5) is 0. The van der Waals surface area contributed by atoms with E-state index in [9.17, 15) is 4.39 Å². The van der Waals surface area contributed by atoms with E-state index < -0.39 is 0 Å². The van der Waals surface area contributed by atoms with Gasteiger partial charge < -0.3 is 10.1 Å². The molecule has 0 saturated carbocycles. The first kappa shape index (κ1) is 14.5. The van der Waals surface area contributed by atoms with E-state index in [1.165, 1.54) is 11.6 Å². The largest absolute Gasteiger partial charge is 0.493 e. The second-order valence-corrected chi connectivity index (χ2v) is 6.28. The van der Waals surface area contributed by atoms with E-state index in [1.807, 2.05) is 26.1 Å². The van der Waals surface area contributed by atoms with Gasteiger partial charge in [0.15, 0.2) is 0 Å². The van der Waals surface area contributed by atoms with Gasteiger partial charge >= 0.3 is 0 Å². The van der Waals surface area contributed by atoms with Gasteiger partial charge in [-0.3, -0.25) is 0 Å². The molecule has 0 spiro atoms. The predicted octanol–water partition coefficient (Wildman–Crippen LogP) is 4.14. The zero-order chi connectivity index (χ0) is 15.0. The predicted molar refractivity (Wildman–Crippen MR) is 85.4 cm³/mol. The van der Waals surface area contributed by atoms with Crippen LogP contribution in [-0.2, 0) is 6.42 Å². The van der Waals surface area contributed by atoms with Crippen LogP contribution in [0.15, 0.2) is 34.8 Å². The highest BCUT2D eigenvalue weighted by Crippen LogP contribution is 2.38. The third-order valence-electron chi connectivity index (χ3n) is 3.77. The van der Waals surface area contributed by atoms with Gasteiger partial charge in [-0.2, -0.15) is 0 Å². The summed E-state index contributed by atoms with van der Waals surface area (Å²) in [6, 6.07) is 9.17. The minimum absolute atomic E-state index is 0.0938. The van der Waals surface area contributed by atoms with Crippen molar-refractivity contribution in [3.8, 4) is 5.75 Å². The molecule has 1 heterocycles. The van der Waals surface area contributed by atoms with Crippen molar-refractivity contribution in [1.82, 2.24) is 5.32 Å². The Hall–Kier alpha value is -1.39. The summed E-state index contributed by atoms with van der Waals surface area (Å²) in [5, 5.41) is 3.28. The lowest BCUT2D eigenvalue weighted by atomic mass is 9.95. The smallest absolute Gasteiger partial charge is 0.127 e. The third-order valence-corrected chi connectivity index (χ3v) is 4.23. The van der Waals surface area contributed by atoms with Gasteiger partial charge in [-0.05, 0) is 54.9 Å². The first-order chi connectivity index (χ1) is 10.1. The van der Waals surface area contributed by atoms with Crippen molar-refractivity contribution in [3.05, 3.63) is 62.9 Å². The molecule has 2 nitrogen and oxygen atoms in total. The van der Waals surface area contributed by atoms with Gasteiger partial charge in [0, 0.05) is 16.5 Å². The van der Waals surface area contributed by atoms with E-state index in [0.717, 1.165) is 33.3 Å². The third kappa shape index (κ3) is 2.83. The van der Waals surface area contributed by atoms with Gasteiger partial charge in [-0.25, -0.2) is 4.39 Å². The first-order valence-electron chi connectivity index (χ1n) is 6.98. The molecule has 4 heteroatoms. The van der Waals surface area contributed by atoms with Crippen molar-refractivity contribution in [2.24, 2.45) is 0 Å². The molecule has 1 atom stereocenters. The van der Waals surface area contributed by atoms with E-state index >= 15 is 0 Å². The maximum absolute atomic E-state index is 13.7. The van der Waals surface area contributed by atoms with Gasteiger partial charge in [0.05, 0.1) is 12.6 Å². The Kier molecular flexibility index (Phi) is 4.00. The number of halogens is 2. The molecule has 0 bridgehead atoms. The molecule has 1 aliphatic heterocycles. The van der Waals surface area contributed by atoms with E-state index in [2.05, 4.69) is 27.3 Å². The molecule has 0 amide bonds. The summed E-state index contributed by atoms with van der Waals surface area (Å²) in [6.45, 7) is 2.61. The Morgan fingerprint density at radius 2 is 2.05 bits per heavy atom. The Labute approximate surface area is 132 Å². The molecule has 2 aromatic rings. The Balaban J connectivity index is 2.12. The fourth-order valence-electron chi connectivity index (χ4n) is 2.95. The summed E-state index contributed by atoms with van der Waals surface area (Å²) < 4.78 is 20.5. The maximum Gasteiger partial charge on any atom is 0.127 e. The highest BCUT2D eigenvalue weighted by molar-refractivity contribution is 9.10.